The predicted octanol–water partition coefficient (Wildman–Crippen LogP) is 2.19. The molecule has 1 amide bonds. The number of nitrogens with one attached hydrogen (secondary N) is 1. The Morgan fingerprint density at radius 3 is 2.74 bits per heavy atom. The fraction of sp³-hybridized carbons (Fsp3) is 0.133. The number of aryl methyl sites for hydroxylation is 1. The van der Waals surface area contributed by atoms with E-state index in [1.807, 2.05) is 37.3 Å². The zero-order chi connectivity index (χ0) is 13.7. The highest BCUT2D eigenvalue weighted by molar-refractivity contribution is 5.92. The minimum absolute atomic E-state index is 0.256. The molecule has 0 aliphatic heterocycles. The third-order valence-electron chi connectivity index (χ3n) is 2.70. The Kier molecular flexibility index (Phi) is 3.89. The standard InChI is InChI=1S/C15H13N3O/c1-11-2-4-12(5-3-11)10-18-15(19)14-8-13(9-16)6-7-17-14/h2-8H,10H2,1H3,(H,18,19). The summed E-state index contributed by atoms with van der Waals surface area (Å²) >= 11 is 0. The summed E-state index contributed by atoms with van der Waals surface area (Å²) < 4.78 is 0. The summed E-state index contributed by atoms with van der Waals surface area (Å²) in [5, 5.41) is 11.5. The number of nitrogens with zero attached hydrogens (tertiary/aromatic N) is 2. The maximum atomic E-state index is 11.9. The van der Waals surface area contributed by atoms with E-state index in [9.17, 15) is 4.79 Å². The number of carbonyl (C=O) groups excluding carboxylic acids is 1. The molecule has 0 aliphatic carbocycles. The van der Waals surface area contributed by atoms with E-state index < -0.39 is 0 Å². The predicted molar refractivity (Wildman–Crippen MR) is 71.3 cm³/mol. The number of nitriles is 1. The second-order valence-corrected chi connectivity index (χ2v) is 4.21. The first-order chi connectivity index (χ1) is 9.19. The molecule has 1 aromatic heterocycles. The summed E-state index contributed by atoms with van der Waals surface area (Å²) in [6, 6.07) is 13.0. The minimum atomic E-state index is -0.280. The molecule has 0 spiro atoms. The number of aromatic nitrogens is 1. The Balaban J connectivity index is 2.01. The van der Waals surface area contributed by atoms with Crippen molar-refractivity contribution in [1.29, 1.82) is 5.26 Å². The van der Waals surface area contributed by atoms with E-state index >= 15 is 0 Å². The number of hydrogen-bond acceptors (Lipinski definition) is 3. The maximum Gasteiger partial charge on any atom is 0.270 e. The lowest BCUT2D eigenvalue weighted by molar-refractivity contribution is 0.0946. The first kappa shape index (κ1) is 12.8. The van der Waals surface area contributed by atoms with Crippen molar-refractivity contribution in [2.24, 2.45) is 0 Å². The lowest BCUT2D eigenvalue weighted by atomic mass is 10.1. The molecule has 0 bridgehead atoms. The van der Waals surface area contributed by atoms with Crippen LogP contribution < -0.4 is 5.32 Å². The van der Waals surface area contributed by atoms with E-state index in [1.54, 1.807) is 6.07 Å². The van der Waals surface area contributed by atoms with Crippen LogP contribution in [0.4, 0.5) is 0 Å². The molecular formula is C15H13N3O. The Bertz CT molecular complexity index is 627. The van der Waals surface area contributed by atoms with Gasteiger partial charge < -0.3 is 5.32 Å². The summed E-state index contributed by atoms with van der Waals surface area (Å²) in [7, 11) is 0. The SMILES string of the molecule is Cc1ccc(CNC(=O)c2cc(C#N)ccn2)cc1. The number of rotatable bonds is 3. The zero-order valence-electron chi connectivity index (χ0n) is 10.6. The van der Waals surface area contributed by atoms with Crippen molar-refractivity contribution in [3.63, 3.8) is 0 Å². The number of pyridine rings is 1. The van der Waals surface area contributed by atoms with Crippen LogP contribution in [-0.4, -0.2) is 10.9 Å². The lowest BCUT2D eigenvalue weighted by Crippen LogP contribution is -2.23. The van der Waals surface area contributed by atoms with Gasteiger partial charge in [0.05, 0.1) is 11.6 Å². The molecule has 19 heavy (non-hydrogen) atoms. The van der Waals surface area contributed by atoms with Gasteiger partial charge >= 0.3 is 0 Å². The molecule has 2 aromatic rings. The second kappa shape index (κ2) is 5.78. The largest absolute Gasteiger partial charge is 0.347 e. The van der Waals surface area contributed by atoms with E-state index in [2.05, 4.69) is 10.3 Å². The Morgan fingerprint density at radius 1 is 1.32 bits per heavy atom. The molecule has 4 heteroatoms. The fourth-order valence-electron chi connectivity index (χ4n) is 1.60. The number of hydrogen-bond donors (Lipinski definition) is 1. The van der Waals surface area contributed by atoms with Gasteiger partial charge in [0.2, 0.25) is 0 Å². The zero-order valence-corrected chi connectivity index (χ0v) is 10.6. The molecule has 0 atom stereocenters. The highest BCUT2D eigenvalue weighted by Gasteiger charge is 2.07. The first-order valence-corrected chi connectivity index (χ1v) is 5.89. The molecule has 0 saturated carbocycles. The molecule has 1 heterocycles. The van der Waals surface area contributed by atoms with E-state index in [1.165, 1.54) is 17.8 Å². The molecule has 4 nitrogen and oxygen atoms in total. The number of amides is 1. The van der Waals surface area contributed by atoms with Crippen molar-refractivity contribution in [2.45, 2.75) is 13.5 Å². The molecule has 0 fully saturated rings. The highest BCUT2D eigenvalue weighted by atomic mass is 16.1. The van der Waals surface area contributed by atoms with Crippen molar-refractivity contribution < 1.29 is 4.79 Å². The molecular weight excluding hydrogens is 238 g/mol. The molecule has 2 rings (SSSR count). The molecule has 94 valence electrons. The van der Waals surface area contributed by atoms with Gasteiger partial charge in [0.1, 0.15) is 5.69 Å². The lowest BCUT2D eigenvalue weighted by Gasteiger charge is -2.05. The summed E-state index contributed by atoms with van der Waals surface area (Å²) in [4.78, 5) is 15.8. The Morgan fingerprint density at radius 2 is 2.05 bits per heavy atom. The normalized spacial score (nSPS) is 9.68. The van der Waals surface area contributed by atoms with Crippen LogP contribution in [-0.2, 0) is 6.54 Å². The van der Waals surface area contributed by atoms with E-state index in [-0.39, 0.29) is 11.6 Å². The minimum Gasteiger partial charge on any atom is -0.347 e. The quantitative estimate of drug-likeness (QED) is 0.909. The van der Waals surface area contributed by atoms with Gasteiger partial charge in [-0.25, -0.2) is 0 Å². The van der Waals surface area contributed by atoms with Crippen LogP contribution in [0.15, 0.2) is 42.6 Å². The molecule has 0 saturated heterocycles. The average Bonchev–Trinajstić information content (AvgIpc) is 2.46. The van der Waals surface area contributed by atoms with Crippen LogP contribution in [0.25, 0.3) is 0 Å². The third-order valence-corrected chi connectivity index (χ3v) is 2.70. The fourth-order valence-corrected chi connectivity index (χ4v) is 1.60. The molecule has 0 radical (unpaired) electrons. The smallest absolute Gasteiger partial charge is 0.270 e. The van der Waals surface area contributed by atoms with Crippen LogP contribution in [0.5, 0.6) is 0 Å². The molecule has 0 unspecified atom stereocenters. The summed E-state index contributed by atoms with van der Waals surface area (Å²) in [6.45, 7) is 2.46. The average molecular weight is 251 g/mol. The number of benzene rings is 1. The van der Waals surface area contributed by atoms with Gasteiger partial charge in [0, 0.05) is 12.7 Å². The molecule has 1 aromatic carbocycles. The van der Waals surface area contributed by atoms with Gasteiger partial charge in [-0.1, -0.05) is 29.8 Å². The van der Waals surface area contributed by atoms with Crippen LogP contribution in [0.1, 0.15) is 27.2 Å². The third kappa shape index (κ3) is 3.39. The van der Waals surface area contributed by atoms with Crippen LogP contribution in [0, 0.1) is 18.3 Å². The molecule has 1 N–H and O–H groups in total. The van der Waals surface area contributed by atoms with E-state index in [0.717, 1.165) is 5.56 Å². The van der Waals surface area contributed by atoms with Crippen LogP contribution in [0.3, 0.4) is 0 Å². The summed E-state index contributed by atoms with van der Waals surface area (Å²) in [5.74, 6) is -0.280. The van der Waals surface area contributed by atoms with Gasteiger partial charge in [0.25, 0.3) is 5.91 Å². The van der Waals surface area contributed by atoms with Crippen molar-refractivity contribution in [3.05, 3.63) is 65.0 Å². The first-order valence-electron chi connectivity index (χ1n) is 5.89. The topological polar surface area (TPSA) is 65.8 Å². The van der Waals surface area contributed by atoms with Crippen molar-refractivity contribution in [2.75, 3.05) is 0 Å². The van der Waals surface area contributed by atoms with E-state index in [4.69, 9.17) is 5.26 Å². The van der Waals surface area contributed by atoms with Gasteiger partial charge in [-0.15, -0.1) is 0 Å². The maximum absolute atomic E-state index is 11.9. The van der Waals surface area contributed by atoms with Crippen molar-refractivity contribution >= 4 is 5.91 Å². The summed E-state index contributed by atoms with van der Waals surface area (Å²) in [6.07, 6.45) is 1.46. The highest BCUT2D eigenvalue weighted by Crippen LogP contribution is 2.04. The van der Waals surface area contributed by atoms with Crippen molar-refractivity contribution in [3.8, 4) is 6.07 Å². The second-order valence-electron chi connectivity index (χ2n) is 4.21. The Labute approximate surface area is 111 Å². The monoisotopic (exact) mass is 251 g/mol. The van der Waals surface area contributed by atoms with Gasteiger partial charge in [-0.2, -0.15) is 5.26 Å². The van der Waals surface area contributed by atoms with Gasteiger partial charge in [-0.3, -0.25) is 9.78 Å². The van der Waals surface area contributed by atoms with Crippen LogP contribution in [0.2, 0.25) is 0 Å². The van der Waals surface area contributed by atoms with E-state index in [0.29, 0.717) is 12.1 Å². The summed E-state index contributed by atoms with van der Waals surface area (Å²) in [5.41, 5.74) is 2.88. The van der Waals surface area contributed by atoms with Gasteiger partial charge in [-0.05, 0) is 24.6 Å². The molecule has 0 aliphatic rings. The van der Waals surface area contributed by atoms with Crippen molar-refractivity contribution in [1.82, 2.24) is 10.3 Å². The Hall–Kier alpha value is -2.67. The van der Waals surface area contributed by atoms with Gasteiger partial charge in [0.15, 0.2) is 0 Å². The number of carbonyl (C=O) groups is 1. The van der Waals surface area contributed by atoms with Crippen LogP contribution >= 0.6 is 0 Å².